The summed E-state index contributed by atoms with van der Waals surface area (Å²) < 4.78 is 1.84. The van der Waals surface area contributed by atoms with E-state index in [1.807, 2.05) is 49.1 Å². The van der Waals surface area contributed by atoms with E-state index in [0.29, 0.717) is 6.42 Å². The first-order valence-electron chi connectivity index (χ1n) is 7.00. The lowest BCUT2D eigenvalue weighted by atomic mass is 9.87. The van der Waals surface area contributed by atoms with Gasteiger partial charge in [-0.05, 0) is 11.6 Å². The number of Topliss-reactive ketones (excluding diaryl/α,β-unsaturated/α-hetero) is 1. The minimum atomic E-state index is -0.0264. The Labute approximate surface area is 120 Å². The van der Waals surface area contributed by atoms with Gasteiger partial charge in [-0.3, -0.25) is 9.48 Å². The molecule has 0 fully saturated rings. The molecule has 2 aromatic rings. The number of ketones is 1. The molecular formula is C17H22N2O. The van der Waals surface area contributed by atoms with Crippen LogP contribution in [0.15, 0.2) is 30.5 Å². The second-order valence-electron chi connectivity index (χ2n) is 6.17. The van der Waals surface area contributed by atoms with Gasteiger partial charge in [0.15, 0.2) is 5.78 Å². The minimum absolute atomic E-state index is 0.0264. The van der Waals surface area contributed by atoms with E-state index in [1.54, 1.807) is 0 Å². The third kappa shape index (κ3) is 2.82. The molecule has 0 saturated heterocycles. The van der Waals surface area contributed by atoms with Crippen molar-refractivity contribution in [3.8, 4) is 11.1 Å². The van der Waals surface area contributed by atoms with E-state index < -0.39 is 0 Å². The summed E-state index contributed by atoms with van der Waals surface area (Å²) in [6.07, 6.45) is 2.55. The summed E-state index contributed by atoms with van der Waals surface area (Å²) in [5, 5.41) is 4.58. The van der Waals surface area contributed by atoms with Gasteiger partial charge >= 0.3 is 0 Å². The summed E-state index contributed by atoms with van der Waals surface area (Å²) in [6.45, 7) is 8.35. The lowest BCUT2D eigenvalue weighted by Gasteiger charge is -2.17. The predicted octanol–water partition coefficient (Wildman–Crippen LogP) is 3.98. The maximum absolute atomic E-state index is 11.9. The molecule has 0 bridgehead atoms. The highest BCUT2D eigenvalue weighted by atomic mass is 16.1. The molecule has 1 aromatic heterocycles. The Morgan fingerprint density at radius 1 is 1.30 bits per heavy atom. The van der Waals surface area contributed by atoms with Crippen molar-refractivity contribution in [2.45, 2.75) is 39.5 Å². The maximum Gasteiger partial charge on any atom is 0.162 e. The second kappa shape index (κ2) is 5.23. The molecule has 0 amide bonds. The SMILES string of the molecule is CCC(=O)c1cccc(-c2cn(C)nc2C(C)(C)C)c1. The molecule has 0 aliphatic heterocycles. The lowest BCUT2D eigenvalue weighted by Crippen LogP contribution is -2.13. The van der Waals surface area contributed by atoms with E-state index in [4.69, 9.17) is 0 Å². The van der Waals surface area contributed by atoms with Gasteiger partial charge in [-0.2, -0.15) is 5.10 Å². The van der Waals surface area contributed by atoms with Gasteiger partial charge in [0.25, 0.3) is 0 Å². The van der Waals surface area contributed by atoms with Gasteiger partial charge in [-0.25, -0.2) is 0 Å². The van der Waals surface area contributed by atoms with Crippen molar-refractivity contribution in [2.24, 2.45) is 7.05 Å². The standard InChI is InChI=1S/C17H22N2O/c1-6-15(20)13-9-7-8-12(10-13)14-11-19(5)18-16(14)17(2,3)4/h7-11H,6H2,1-5H3. The lowest BCUT2D eigenvalue weighted by molar-refractivity contribution is 0.0988. The van der Waals surface area contributed by atoms with Crippen molar-refractivity contribution < 1.29 is 4.79 Å². The highest BCUT2D eigenvalue weighted by Crippen LogP contribution is 2.32. The number of hydrogen-bond donors (Lipinski definition) is 0. The molecular weight excluding hydrogens is 248 g/mol. The Morgan fingerprint density at radius 3 is 2.60 bits per heavy atom. The van der Waals surface area contributed by atoms with Crippen molar-refractivity contribution >= 4 is 5.78 Å². The Kier molecular flexibility index (Phi) is 3.80. The molecule has 0 aliphatic carbocycles. The van der Waals surface area contributed by atoms with Crippen LogP contribution in [0.25, 0.3) is 11.1 Å². The number of rotatable bonds is 3. The second-order valence-corrected chi connectivity index (χ2v) is 6.17. The number of hydrogen-bond acceptors (Lipinski definition) is 2. The summed E-state index contributed by atoms with van der Waals surface area (Å²) in [6, 6.07) is 7.83. The van der Waals surface area contributed by atoms with Gasteiger partial charge in [0.05, 0.1) is 5.69 Å². The molecule has 0 aliphatic rings. The van der Waals surface area contributed by atoms with Crippen LogP contribution in [0.5, 0.6) is 0 Å². The van der Waals surface area contributed by atoms with Crippen molar-refractivity contribution in [1.29, 1.82) is 0 Å². The fourth-order valence-electron chi connectivity index (χ4n) is 2.32. The summed E-state index contributed by atoms with van der Waals surface area (Å²) in [5.41, 5.74) is 3.96. The summed E-state index contributed by atoms with van der Waals surface area (Å²) in [7, 11) is 1.93. The van der Waals surface area contributed by atoms with Gasteiger partial charge in [-0.15, -0.1) is 0 Å². The van der Waals surface area contributed by atoms with Crippen LogP contribution in [-0.2, 0) is 12.5 Å². The normalized spacial score (nSPS) is 11.7. The van der Waals surface area contributed by atoms with Crippen LogP contribution in [0, 0.1) is 0 Å². The molecule has 0 saturated carbocycles. The van der Waals surface area contributed by atoms with Crippen LogP contribution >= 0.6 is 0 Å². The largest absolute Gasteiger partial charge is 0.294 e. The predicted molar refractivity (Wildman–Crippen MR) is 82.0 cm³/mol. The van der Waals surface area contributed by atoms with Gasteiger partial charge < -0.3 is 0 Å². The van der Waals surface area contributed by atoms with E-state index in [2.05, 4.69) is 25.9 Å². The van der Waals surface area contributed by atoms with E-state index in [0.717, 1.165) is 22.4 Å². The molecule has 0 atom stereocenters. The zero-order valence-electron chi connectivity index (χ0n) is 12.9. The molecule has 0 unspecified atom stereocenters. The van der Waals surface area contributed by atoms with E-state index in [1.165, 1.54) is 0 Å². The molecule has 1 heterocycles. The fraction of sp³-hybridized carbons (Fsp3) is 0.412. The van der Waals surface area contributed by atoms with E-state index in [-0.39, 0.29) is 11.2 Å². The van der Waals surface area contributed by atoms with Crippen molar-refractivity contribution in [1.82, 2.24) is 9.78 Å². The third-order valence-corrected chi connectivity index (χ3v) is 3.36. The first-order chi connectivity index (χ1) is 9.32. The summed E-state index contributed by atoms with van der Waals surface area (Å²) in [5.74, 6) is 0.174. The summed E-state index contributed by atoms with van der Waals surface area (Å²) >= 11 is 0. The van der Waals surface area contributed by atoms with Crippen LogP contribution in [0.4, 0.5) is 0 Å². The minimum Gasteiger partial charge on any atom is -0.294 e. The van der Waals surface area contributed by atoms with Gasteiger partial charge in [0.2, 0.25) is 0 Å². The monoisotopic (exact) mass is 270 g/mol. The van der Waals surface area contributed by atoms with E-state index >= 15 is 0 Å². The third-order valence-electron chi connectivity index (χ3n) is 3.36. The van der Waals surface area contributed by atoms with Crippen molar-refractivity contribution in [3.05, 3.63) is 41.7 Å². The Morgan fingerprint density at radius 2 is 2.00 bits per heavy atom. The number of carbonyl (C=O) groups is 1. The Bertz CT molecular complexity index is 633. The zero-order chi connectivity index (χ0) is 14.9. The van der Waals surface area contributed by atoms with E-state index in [9.17, 15) is 4.79 Å². The van der Waals surface area contributed by atoms with Gasteiger partial charge in [0.1, 0.15) is 0 Å². The van der Waals surface area contributed by atoms with Gasteiger partial charge in [0, 0.05) is 36.2 Å². The quantitative estimate of drug-likeness (QED) is 0.791. The molecule has 20 heavy (non-hydrogen) atoms. The highest BCUT2D eigenvalue weighted by molar-refractivity contribution is 5.97. The molecule has 0 N–H and O–H groups in total. The van der Waals surface area contributed by atoms with Gasteiger partial charge in [-0.1, -0.05) is 45.9 Å². The van der Waals surface area contributed by atoms with Crippen LogP contribution in [0.1, 0.15) is 50.2 Å². The molecule has 0 spiro atoms. The number of aromatic nitrogens is 2. The topological polar surface area (TPSA) is 34.9 Å². The van der Waals surface area contributed by atoms with Crippen LogP contribution < -0.4 is 0 Å². The number of nitrogens with zero attached hydrogens (tertiary/aromatic N) is 2. The smallest absolute Gasteiger partial charge is 0.162 e. The highest BCUT2D eigenvalue weighted by Gasteiger charge is 2.23. The van der Waals surface area contributed by atoms with Crippen LogP contribution in [0.2, 0.25) is 0 Å². The number of aryl methyl sites for hydroxylation is 1. The van der Waals surface area contributed by atoms with Crippen molar-refractivity contribution in [2.75, 3.05) is 0 Å². The number of benzene rings is 1. The molecule has 106 valence electrons. The number of carbonyl (C=O) groups excluding carboxylic acids is 1. The molecule has 1 aromatic carbocycles. The van der Waals surface area contributed by atoms with Crippen LogP contribution in [-0.4, -0.2) is 15.6 Å². The average Bonchev–Trinajstić information content (AvgIpc) is 2.80. The molecule has 3 nitrogen and oxygen atoms in total. The first kappa shape index (κ1) is 14.5. The molecule has 0 radical (unpaired) electrons. The molecule has 2 rings (SSSR count). The Hall–Kier alpha value is -1.90. The maximum atomic E-state index is 11.9. The Balaban J connectivity index is 2.55. The summed E-state index contributed by atoms with van der Waals surface area (Å²) in [4.78, 5) is 11.9. The zero-order valence-corrected chi connectivity index (χ0v) is 12.9. The fourth-order valence-corrected chi connectivity index (χ4v) is 2.32. The first-order valence-corrected chi connectivity index (χ1v) is 7.00. The van der Waals surface area contributed by atoms with Crippen LogP contribution in [0.3, 0.4) is 0 Å². The average molecular weight is 270 g/mol. The molecule has 3 heteroatoms. The van der Waals surface area contributed by atoms with Crippen molar-refractivity contribution in [3.63, 3.8) is 0 Å².